The monoisotopic (exact) mass is 580 g/mol. The topological polar surface area (TPSA) is 85.6 Å². The molecule has 0 N–H and O–H groups in total. The molecule has 1 unspecified atom stereocenters. The molecule has 43 heavy (non-hydrogen) atoms. The van der Waals surface area contributed by atoms with Crippen LogP contribution < -0.4 is 9.64 Å². The van der Waals surface area contributed by atoms with Crippen LogP contribution in [0.4, 0.5) is 10.1 Å². The van der Waals surface area contributed by atoms with Crippen molar-refractivity contribution in [2.24, 2.45) is 0 Å². The summed E-state index contributed by atoms with van der Waals surface area (Å²) in [5, 5.41) is 10.6. The minimum atomic E-state index is -0.326. The van der Waals surface area contributed by atoms with Gasteiger partial charge in [0.1, 0.15) is 12.4 Å². The van der Waals surface area contributed by atoms with Crippen molar-refractivity contribution in [3.63, 3.8) is 0 Å². The lowest BCUT2D eigenvalue weighted by atomic mass is 9.87. The highest BCUT2D eigenvalue weighted by molar-refractivity contribution is 5.98. The fourth-order valence-corrected chi connectivity index (χ4v) is 7.70. The number of nitriles is 1. The summed E-state index contributed by atoms with van der Waals surface area (Å²) in [6, 6.07) is 6.15. The average Bonchev–Trinajstić information content (AvgIpc) is 3.58. The van der Waals surface area contributed by atoms with Crippen LogP contribution in [0.1, 0.15) is 48.8 Å². The molecule has 3 aromatic rings. The van der Waals surface area contributed by atoms with Crippen molar-refractivity contribution in [2.75, 3.05) is 38.2 Å². The van der Waals surface area contributed by atoms with E-state index in [1.807, 2.05) is 17.2 Å². The van der Waals surface area contributed by atoms with Crippen LogP contribution in [0.3, 0.4) is 0 Å². The Morgan fingerprint density at radius 3 is 2.81 bits per heavy atom. The lowest BCUT2D eigenvalue weighted by Crippen LogP contribution is -2.63. The first-order valence-electron chi connectivity index (χ1n) is 15.5. The predicted octanol–water partition coefficient (Wildman–Crippen LogP) is 4.83. The quantitative estimate of drug-likeness (QED) is 0.370. The number of benzene rings is 1. The second-order valence-electron chi connectivity index (χ2n) is 12.4. The molecule has 222 valence electrons. The van der Waals surface area contributed by atoms with E-state index in [0.29, 0.717) is 47.6 Å². The normalized spacial score (nSPS) is 23.0. The average molecular weight is 581 g/mol. The first-order valence-corrected chi connectivity index (χ1v) is 15.5. The van der Waals surface area contributed by atoms with Crippen LogP contribution in [0.5, 0.6) is 5.88 Å². The molecule has 7 rings (SSSR count). The third kappa shape index (κ3) is 4.72. The Kier molecular flexibility index (Phi) is 7.26. The van der Waals surface area contributed by atoms with E-state index < -0.39 is 0 Å². The molecule has 0 spiro atoms. The first-order chi connectivity index (χ1) is 21.0. The number of hydrogen-bond acceptors (Lipinski definition) is 7. The van der Waals surface area contributed by atoms with Crippen LogP contribution in [0.15, 0.2) is 37.2 Å². The largest absolute Gasteiger partial charge is 0.476 e. The molecule has 3 aliphatic heterocycles. The van der Waals surface area contributed by atoms with Gasteiger partial charge in [-0.1, -0.05) is 6.58 Å². The summed E-state index contributed by atoms with van der Waals surface area (Å²) in [7, 11) is 2.11. The van der Waals surface area contributed by atoms with Gasteiger partial charge in [0.15, 0.2) is 0 Å². The summed E-state index contributed by atoms with van der Waals surface area (Å²) in [5.74, 6) is 0.0483. The van der Waals surface area contributed by atoms with Crippen LogP contribution in [-0.2, 0) is 24.1 Å². The Bertz CT molecular complexity index is 1650. The van der Waals surface area contributed by atoms with Gasteiger partial charge in [0.25, 0.3) is 0 Å². The number of halogens is 1. The van der Waals surface area contributed by atoms with Gasteiger partial charge in [-0.15, -0.1) is 0 Å². The zero-order chi connectivity index (χ0) is 29.7. The van der Waals surface area contributed by atoms with Crippen molar-refractivity contribution < 1.29 is 13.9 Å². The number of aromatic nitrogens is 2. The van der Waals surface area contributed by atoms with Crippen LogP contribution in [-0.4, -0.2) is 77.1 Å². The van der Waals surface area contributed by atoms with Gasteiger partial charge in [0.05, 0.1) is 41.3 Å². The summed E-state index contributed by atoms with van der Waals surface area (Å²) in [4.78, 5) is 28.3. The number of rotatable bonds is 7. The summed E-state index contributed by atoms with van der Waals surface area (Å²) in [5.41, 5.74) is 5.81. The molecule has 5 heterocycles. The number of amides is 1. The van der Waals surface area contributed by atoms with Crippen molar-refractivity contribution in [3.05, 3.63) is 59.7 Å². The van der Waals surface area contributed by atoms with Crippen molar-refractivity contribution in [1.29, 1.82) is 5.26 Å². The van der Waals surface area contributed by atoms with Crippen molar-refractivity contribution in [1.82, 2.24) is 19.8 Å². The molecule has 0 bridgehead atoms. The second kappa shape index (κ2) is 11.2. The van der Waals surface area contributed by atoms with Crippen molar-refractivity contribution >= 4 is 22.5 Å². The summed E-state index contributed by atoms with van der Waals surface area (Å²) < 4.78 is 22.6. The Labute approximate surface area is 251 Å². The van der Waals surface area contributed by atoms with Gasteiger partial charge in [-0.2, -0.15) is 5.26 Å². The summed E-state index contributed by atoms with van der Waals surface area (Å²) in [6.07, 6.45) is 12.2. The van der Waals surface area contributed by atoms with Gasteiger partial charge in [-0.3, -0.25) is 9.78 Å². The fraction of sp³-hybridized carbons (Fsp3) is 0.471. The van der Waals surface area contributed by atoms with E-state index in [-0.39, 0.29) is 36.3 Å². The molecule has 9 heteroatoms. The molecule has 2 aromatic heterocycles. The Balaban J connectivity index is 1.36. The third-order valence-electron chi connectivity index (χ3n) is 10.0. The van der Waals surface area contributed by atoms with Crippen molar-refractivity contribution in [2.45, 2.75) is 69.5 Å². The number of carbonyl (C=O) groups excluding carboxylic acids is 1. The first kappa shape index (κ1) is 27.8. The lowest BCUT2D eigenvalue weighted by molar-refractivity contribution is -0.127. The molecule has 0 radical (unpaired) electrons. The molecule has 1 amide bonds. The molecular formula is C34H37FN6O2. The zero-order valence-corrected chi connectivity index (χ0v) is 24.7. The fourth-order valence-electron chi connectivity index (χ4n) is 7.70. The Morgan fingerprint density at radius 2 is 2.02 bits per heavy atom. The highest BCUT2D eigenvalue weighted by atomic mass is 19.1. The van der Waals surface area contributed by atoms with E-state index in [0.717, 1.165) is 62.7 Å². The van der Waals surface area contributed by atoms with E-state index >= 15 is 4.39 Å². The van der Waals surface area contributed by atoms with E-state index in [1.165, 1.54) is 17.2 Å². The number of carbonyl (C=O) groups is 1. The van der Waals surface area contributed by atoms with Gasteiger partial charge in [-0.05, 0) is 87.9 Å². The van der Waals surface area contributed by atoms with Crippen LogP contribution >= 0.6 is 0 Å². The number of hydrogen-bond donors (Lipinski definition) is 0. The number of likely N-dealkylation sites (tertiary alicyclic amines) is 2. The molecular weight excluding hydrogens is 543 g/mol. The molecule has 3 atom stereocenters. The Morgan fingerprint density at radius 1 is 1.16 bits per heavy atom. The van der Waals surface area contributed by atoms with Gasteiger partial charge in [0, 0.05) is 48.0 Å². The highest BCUT2D eigenvalue weighted by Crippen LogP contribution is 2.45. The summed E-state index contributed by atoms with van der Waals surface area (Å²) >= 11 is 0. The third-order valence-corrected chi connectivity index (χ3v) is 10.0. The van der Waals surface area contributed by atoms with Gasteiger partial charge in [-0.25, -0.2) is 9.37 Å². The number of ether oxygens (including phenoxy) is 1. The van der Waals surface area contributed by atoms with Crippen LogP contribution in [0.2, 0.25) is 0 Å². The smallest absolute Gasteiger partial charge is 0.246 e. The van der Waals surface area contributed by atoms with Gasteiger partial charge >= 0.3 is 0 Å². The maximum absolute atomic E-state index is 16.2. The Hall–Kier alpha value is -4.03. The molecule has 3 fully saturated rings. The number of anilines is 1. The van der Waals surface area contributed by atoms with Crippen LogP contribution in [0, 0.1) is 17.1 Å². The zero-order valence-electron chi connectivity index (χ0n) is 24.7. The minimum Gasteiger partial charge on any atom is -0.476 e. The highest BCUT2D eigenvalue weighted by Gasteiger charge is 2.49. The standard InChI is InChI=1S/C34H37FN6O2/c1-3-32(42)40-14-11-30-31(40)19-41(30)33-24(10-12-36)34(43-20-22-8-6-13-39(22)2)38-29-16-25(28(35)15-26(29)33)27-18-37-17-21-7-4-5-9-23(21)27/h3,15-18,22,30-31H,1,4-11,13-14,19-20H2,2H3/t22?,30-,31-/m1/s1. The molecule has 0 saturated carbocycles. The molecule has 8 nitrogen and oxygen atoms in total. The predicted molar refractivity (Wildman–Crippen MR) is 163 cm³/mol. The number of fused-ring (bicyclic) bond motifs is 3. The molecule has 3 saturated heterocycles. The van der Waals surface area contributed by atoms with Crippen molar-refractivity contribution in [3.8, 4) is 23.1 Å². The van der Waals surface area contributed by atoms with E-state index in [1.54, 1.807) is 12.3 Å². The number of nitrogens with zero attached hydrogens (tertiary/aromatic N) is 6. The molecule has 1 aromatic carbocycles. The number of aryl methyl sites for hydroxylation is 1. The maximum atomic E-state index is 16.2. The van der Waals surface area contributed by atoms with E-state index in [2.05, 4.69) is 34.5 Å². The maximum Gasteiger partial charge on any atom is 0.246 e. The minimum absolute atomic E-state index is 0.0613. The SMILES string of the molecule is C=CC(=O)N1CC[C@@H]2[C@H]1CN2c1c(CC#N)c(OCC2CCCN2C)nc2cc(-c3cncc4c3CCCC4)c(F)cc12. The van der Waals surface area contributed by atoms with E-state index in [9.17, 15) is 10.1 Å². The van der Waals surface area contributed by atoms with E-state index in [4.69, 9.17) is 9.72 Å². The van der Waals surface area contributed by atoms with Gasteiger partial charge < -0.3 is 19.4 Å². The number of likely N-dealkylation sites (N-methyl/N-ethyl adjacent to an activating group) is 1. The lowest BCUT2D eigenvalue weighted by Gasteiger charge is -2.49. The second-order valence-corrected chi connectivity index (χ2v) is 12.4. The molecule has 4 aliphatic rings. The number of pyridine rings is 2. The van der Waals surface area contributed by atoms with Gasteiger partial charge in [0.2, 0.25) is 11.8 Å². The summed E-state index contributed by atoms with van der Waals surface area (Å²) in [6.45, 7) is 6.43. The van der Waals surface area contributed by atoms with Crippen LogP contribution in [0.25, 0.3) is 22.0 Å². The molecule has 1 aliphatic carbocycles.